The second-order valence-electron chi connectivity index (χ2n) is 8.07. The minimum Gasteiger partial charge on any atom is -0.508 e. The Morgan fingerprint density at radius 3 is 2.56 bits per heavy atom. The van der Waals surface area contributed by atoms with Crippen LogP contribution in [0.15, 0.2) is 71.8 Å². The molecule has 5 aromatic rings. The number of anilines is 2. The van der Waals surface area contributed by atoms with Crippen molar-refractivity contribution in [1.29, 1.82) is 0 Å². The molecule has 8 nitrogen and oxygen atoms in total. The summed E-state index contributed by atoms with van der Waals surface area (Å²) < 4.78 is 1.40. The van der Waals surface area contributed by atoms with Crippen molar-refractivity contribution in [3.63, 3.8) is 0 Å². The molecule has 168 valence electrons. The van der Waals surface area contributed by atoms with Crippen LogP contribution >= 0.6 is 0 Å². The highest BCUT2D eigenvalue weighted by atomic mass is 16.3. The third kappa shape index (κ3) is 3.81. The van der Waals surface area contributed by atoms with Crippen molar-refractivity contribution < 1.29 is 9.90 Å². The van der Waals surface area contributed by atoms with Gasteiger partial charge in [0.15, 0.2) is 5.65 Å². The Bertz CT molecular complexity index is 1600. The van der Waals surface area contributed by atoms with Crippen LogP contribution in [0.1, 0.15) is 27.0 Å². The molecule has 0 fully saturated rings. The van der Waals surface area contributed by atoms with E-state index >= 15 is 0 Å². The second-order valence-corrected chi connectivity index (χ2v) is 8.07. The number of nitrogen functional groups attached to an aromatic ring is 1. The van der Waals surface area contributed by atoms with Gasteiger partial charge in [0.1, 0.15) is 22.6 Å². The number of phenolic OH excluding ortho intramolecular Hbond substituents is 1. The zero-order valence-corrected chi connectivity index (χ0v) is 18.6. The number of aromatic hydroxyl groups is 1. The Balaban J connectivity index is 1.67. The SMILES string of the molecule is Cc1ccc(C)c(NC(=O)c2c(N)n(/N=C/c3cccc(O)c3)c3nc4ccccc4nc23)c1. The third-order valence-electron chi connectivity index (χ3n) is 5.53. The molecule has 0 saturated heterocycles. The molecule has 4 N–H and O–H groups in total. The number of phenols is 1. The van der Waals surface area contributed by atoms with Crippen LogP contribution in [0.25, 0.3) is 22.2 Å². The van der Waals surface area contributed by atoms with Gasteiger partial charge in [-0.15, -0.1) is 0 Å². The predicted octanol–water partition coefficient (Wildman–Crippen LogP) is 4.62. The topological polar surface area (TPSA) is 118 Å². The van der Waals surface area contributed by atoms with E-state index in [1.54, 1.807) is 30.5 Å². The number of hydrogen-bond donors (Lipinski definition) is 3. The average Bonchev–Trinajstić information content (AvgIpc) is 3.08. The highest BCUT2D eigenvalue weighted by Crippen LogP contribution is 2.29. The third-order valence-corrected chi connectivity index (χ3v) is 5.53. The summed E-state index contributed by atoms with van der Waals surface area (Å²) in [7, 11) is 0. The summed E-state index contributed by atoms with van der Waals surface area (Å²) >= 11 is 0. The number of nitrogens with two attached hydrogens (primary N) is 1. The molecule has 0 aliphatic carbocycles. The monoisotopic (exact) mass is 450 g/mol. The largest absolute Gasteiger partial charge is 0.508 e. The van der Waals surface area contributed by atoms with E-state index in [1.807, 2.05) is 56.3 Å². The summed E-state index contributed by atoms with van der Waals surface area (Å²) in [6, 6.07) is 19.9. The van der Waals surface area contributed by atoms with Crippen LogP contribution in [-0.4, -0.2) is 31.9 Å². The van der Waals surface area contributed by atoms with Crippen LogP contribution in [0, 0.1) is 13.8 Å². The fraction of sp³-hybridized carbons (Fsp3) is 0.0769. The quantitative estimate of drug-likeness (QED) is 0.345. The predicted molar refractivity (Wildman–Crippen MR) is 134 cm³/mol. The van der Waals surface area contributed by atoms with E-state index in [9.17, 15) is 9.90 Å². The first-order valence-corrected chi connectivity index (χ1v) is 10.7. The number of carbonyl (C=O) groups is 1. The number of fused-ring (bicyclic) bond motifs is 2. The Kier molecular flexibility index (Phi) is 5.18. The van der Waals surface area contributed by atoms with Gasteiger partial charge in [-0.3, -0.25) is 4.79 Å². The number of hydrogen-bond acceptors (Lipinski definition) is 6. The van der Waals surface area contributed by atoms with Crippen molar-refractivity contribution in [2.75, 3.05) is 11.1 Å². The Morgan fingerprint density at radius 1 is 1.03 bits per heavy atom. The maximum Gasteiger partial charge on any atom is 0.261 e. The van der Waals surface area contributed by atoms with E-state index < -0.39 is 5.91 Å². The van der Waals surface area contributed by atoms with E-state index in [1.165, 1.54) is 4.68 Å². The molecule has 3 aromatic carbocycles. The summed E-state index contributed by atoms with van der Waals surface area (Å²) in [6.07, 6.45) is 1.54. The minimum absolute atomic E-state index is 0.115. The minimum atomic E-state index is -0.396. The number of carbonyl (C=O) groups excluding carboxylic acids is 1. The molecule has 0 radical (unpaired) electrons. The number of rotatable bonds is 4. The van der Waals surface area contributed by atoms with Gasteiger partial charge in [-0.2, -0.15) is 9.78 Å². The van der Waals surface area contributed by atoms with Gasteiger partial charge in [0, 0.05) is 5.69 Å². The molecule has 0 bridgehead atoms. The van der Waals surface area contributed by atoms with Crippen molar-refractivity contribution in [3.8, 4) is 5.75 Å². The molecular weight excluding hydrogens is 428 g/mol. The van der Waals surface area contributed by atoms with Crippen molar-refractivity contribution >= 4 is 45.8 Å². The molecule has 0 atom stereocenters. The van der Waals surface area contributed by atoms with Gasteiger partial charge in [0.05, 0.1) is 17.2 Å². The molecule has 0 spiro atoms. The molecular formula is C26H22N6O2. The molecule has 8 heteroatoms. The number of benzene rings is 3. The number of nitrogens with one attached hydrogen (secondary N) is 1. The van der Waals surface area contributed by atoms with E-state index in [-0.39, 0.29) is 17.1 Å². The zero-order chi connectivity index (χ0) is 23.8. The smallest absolute Gasteiger partial charge is 0.261 e. The summed E-state index contributed by atoms with van der Waals surface area (Å²) in [5.41, 5.74) is 12.0. The Hall–Kier alpha value is -4.72. The highest BCUT2D eigenvalue weighted by molar-refractivity contribution is 6.16. The van der Waals surface area contributed by atoms with E-state index in [4.69, 9.17) is 10.7 Å². The fourth-order valence-corrected chi connectivity index (χ4v) is 3.77. The van der Waals surface area contributed by atoms with Gasteiger partial charge < -0.3 is 16.2 Å². The van der Waals surface area contributed by atoms with Gasteiger partial charge in [-0.25, -0.2) is 9.97 Å². The van der Waals surface area contributed by atoms with Crippen LogP contribution in [0.5, 0.6) is 5.75 Å². The highest BCUT2D eigenvalue weighted by Gasteiger charge is 2.24. The number of aromatic nitrogens is 3. The van der Waals surface area contributed by atoms with Crippen LogP contribution in [0.2, 0.25) is 0 Å². The van der Waals surface area contributed by atoms with E-state index in [0.29, 0.717) is 33.4 Å². The second kappa shape index (κ2) is 8.32. The first-order chi connectivity index (χ1) is 16.4. The number of para-hydroxylation sites is 2. The van der Waals surface area contributed by atoms with Crippen LogP contribution in [-0.2, 0) is 0 Å². The van der Waals surface area contributed by atoms with Crippen molar-refractivity contribution in [2.45, 2.75) is 13.8 Å². The molecule has 1 amide bonds. The molecule has 0 unspecified atom stereocenters. The first-order valence-electron chi connectivity index (χ1n) is 10.7. The lowest BCUT2D eigenvalue weighted by molar-refractivity contribution is 0.102. The van der Waals surface area contributed by atoms with Gasteiger partial charge in [-0.1, -0.05) is 36.4 Å². The van der Waals surface area contributed by atoms with Crippen LogP contribution in [0.4, 0.5) is 11.5 Å². The van der Waals surface area contributed by atoms with Crippen molar-refractivity contribution in [2.24, 2.45) is 5.10 Å². The molecule has 34 heavy (non-hydrogen) atoms. The molecule has 0 aliphatic rings. The lowest BCUT2D eigenvalue weighted by Gasteiger charge is -2.09. The Labute approximate surface area is 195 Å². The molecule has 0 aliphatic heterocycles. The normalized spacial score (nSPS) is 11.5. The summed E-state index contributed by atoms with van der Waals surface area (Å²) in [5, 5.41) is 17.2. The van der Waals surface area contributed by atoms with Crippen LogP contribution in [0.3, 0.4) is 0 Å². The van der Waals surface area contributed by atoms with Gasteiger partial charge in [0.25, 0.3) is 5.91 Å². The fourth-order valence-electron chi connectivity index (χ4n) is 3.77. The zero-order valence-electron chi connectivity index (χ0n) is 18.6. The van der Waals surface area contributed by atoms with Crippen LogP contribution < -0.4 is 11.1 Å². The average molecular weight is 451 g/mol. The van der Waals surface area contributed by atoms with Gasteiger partial charge in [-0.05, 0) is 60.9 Å². The lowest BCUT2D eigenvalue weighted by Crippen LogP contribution is -2.15. The maximum absolute atomic E-state index is 13.4. The number of aryl methyl sites for hydroxylation is 2. The molecule has 5 rings (SSSR count). The van der Waals surface area contributed by atoms with Gasteiger partial charge >= 0.3 is 0 Å². The molecule has 0 saturated carbocycles. The molecule has 2 aromatic heterocycles. The van der Waals surface area contributed by atoms with Crippen molar-refractivity contribution in [3.05, 3.63) is 89.0 Å². The maximum atomic E-state index is 13.4. The number of nitrogens with zero attached hydrogens (tertiary/aromatic N) is 4. The van der Waals surface area contributed by atoms with Gasteiger partial charge in [0.2, 0.25) is 0 Å². The summed E-state index contributed by atoms with van der Waals surface area (Å²) in [4.78, 5) is 22.8. The standard InChI is InChI=1S/C26H22N6O2/c1-15-10-11-16(2)21(12-15)31-26(34)22-23-25(30-20-9-4-3-8-19(20)29-23)32(24(22)27)28-14-17-6-5-7-18(33)13-17/h3-14,33H,27H2,1-2H3,(H,31,34)/b28-14+. The van der Waals surface area contributed by atoms with Crippen molar-refractivity contribution in [1.82, 2.24) is 14.6 Å². The number of amides is 1. The lowest BCUT2D eigenvalue weighted by atomic mass is 10.1. The summed E-state index contributed by atoms with van der Waals surface area (Å²) in [5.74, 6) is -0.162. The van der Waals surface area contributed by atoms with E-state index in [2.05, 4.69) is 15.4 Å². The first kappa shape index (κ1) is 21.1. The Morgan fingerprint density at radius 2 is 1.79 bits per heavy atom. The molecule has 2 heterocycles. The van der Waals surface area contributed by atoms with E-state index in [0.717, 1.165) is 11.1 Å². The summed E-state index contributed by atoms with van der Waals surface area (Å²) in [6.45, 7) is 3.89.